The largest absolute Gasteiger partial charge is 0.481 e. The molecule has 0 aromatic heterocycles. The molecule has 0 heterocycles. The van der Waals surface area contributed by atoms with Gasteiger partial charge in [-0.2, -0.15) is 0 Å². The Labute approximate surface area is 92.8 Å². The highest BCUT2D eigenvalue weighted by atomic mass is 16.4. The fourth-order valence-electron chi connectivity index (χ4n) is 2.31. The second-order valence-electron chi connectivity index (χ2n) is 5.07. The van der Waals surface area contributed by atoms with Gasteiger partial charge in [-0.25, -0.2) is 0 Å². The Balaban J connectivity index is 2.74. The predicted octanol–water partition coefficient (Wildman–Crippen LogP) is 1.72. The van der Waals surface area contributed by atoms with E-state index in [1.807, 2.05) is 6.92 Å². The van der Waals surface area contributed by atoms with Gasteiger partial charge in [0, 0.05) is 6.04 Å². The first-order valence-electron chi connectivity index (χ1n) is 5.70. The van der Waals surface area contributed by atoms with Crippen molar-refractivity contribution in [3.05, 3.63) is 0 Å². The van der Waals surface area contributed by atoms with Gasteiger partial charge in [0.2, 0.25) is 0 Å². The van der Waals surface area contributed by atoms with Gasteiger partial charge in [-0.3, -0.25) is 4.79 Å². The Bertz CT molecular complexity index is 231. The summed E-state index contributed by atoms with van der Waals surface area (Å²) < 4.78 is 0. The zero-order valence-electron chi connectivity index (χ0n) is 9.41. The molecule has 1 aliphatic carbocycles. The summed E-state index contributed by atoms with van der Waals surface area (Å²) in [7, 11) is 6.09. The summed E-state index contributed by atoms with van der Waals surface area (Å²) in [6.07, 6.45) is 5.37. The van der Waals surface area contributed by atoms with Gasteiger partial charge in [0.25, 0.3) is 0 Å². The highest BCUT2D eigenvalue weighted by Crippen LogP contribution is 2.38. The first kappa shape index (κ1) is 12.6. The van der Waals surface area contributed by atoms with Gasteiger partial charge in [-0.15, -0.1) is 0 Å². The van der Waals surface area contributed by atoms with Crippen molar-refractivity contribution in [1.82, 2.24) is 0 Å². The highest BCUT2D eigenvalue weighted by molar-refractivity contribution is 6.15. The van der Waals surface area contributed by atoms with Gasteiger partial charge in [0.15, 0.2) is 0 Å². The number of carboxylic acid groups (broad SMARTS) is 1. The van der Waals surface area contributed by atoms with E-state index in [4.69, 9.17) is 18.7 Å². The molecule has 15 heavy (non-hydrogen) atoms. The van der Waals surface area contributed by atoms with E-state index in [1.165, 1.54) is 0 Å². The van der Waals surface area contributed by atoms with Crippen molar-refractivity contribution in [3.8, 4) is 0 Å². The Hall–Kier alpha value is -0.505. The molecular formula is C11H20BNO2. The maximum absolute atomic E-state index is 11.1. The molecule has 0 aliphatic heterocycles. The Kier molecular flexibility index (Phi) is 4.20. The van der Waals surface area contributed by atoms with Gasteiger partial charge in [-0.05, 0) is 12.8 Å². The van der Waals surface area contributed by atoms with Gasteiger partial charge >= 0.3 is 5.97 Å². The molecule has 2 radical (unpaired) electrons. The molecule has 0 saturated heterocycles. The first-order valence-corrected chi connectivity index (χ1v) is 5.70. The van der Waals surface area contributed by atoms with Gasteiger partial charge in [0.1, 0.15) is 0 Å². The second kappa shape index (κ2) is 5.02. The normalized spacial score (nSPS) is 38.8. The SMILES string of the molecule is [B]C1(C)CCCCCC(N)C(C(=O)O)C1. The molecule has 1 fully saturated rings. The highest BCUT2D eigenvalue weighted by Gasteiger charge is 2.32. The Morgan fingerprint density at radius 1 is 1.47 bits per heavy atom. The van der Waals surface area contributed by atoms with E-state index in [9.17, 15) is 4.79 Å². The van der Waals surface area contributed by atoms with E-state index in [1.54, 1.807) is 0 Å². The maximum atomic E-state index is 11.1. The topological polar surface area (TPSA) is 63.3 Å². The van der Waals surface area contributed by atoms with E-state index in [-0.39, 0.29) is 11.4 Å². The van der Waals surface area contributed by atoms with Crippen LogP contribution in [0.25, 0.3) is 0 Å². The zero-order valence-corrected chi connectivity index (χ0v) is 9.41. The third-order valence-electron chi connectivity index (χ3n) is 3.31. The Morgan fingerprint density at radius 3 is 2.73 bits per heavy atom. The van der Waals surface area contributed by atoms with Crippen LogP contribution >= 0.6 is 0 Å². The molecule has 0 aromatic carbocycles. The second-order valence-corrected chi connectivity index (χ2v) is 5.07. The molecule has 3 nitrogen and oxygen atoms in total. The van der Waals surface area contributed by atoms with Crippen molar-refractivity contribution >= 4 is 13.8 Å². The van der Waals surface area contributed by atoms with Gasteiger partial charge in [0.05, 0.1) is 13.8 Å². The molecule has 0 amide bonds. The third-order valence-corrected chi connectivity index (χ3v) is 3.31. The van der Waals surface area contributed by atoms with Crippen molar-refractivity contribution in [3.63, 3.8) is 0 Å². The average Bonchev–Trinajstić information content (AvgIpc) is 2.17. The smallest absolute Gasteiger partial charge is 0.308 e. The molecule has 3 atom stereocenters. The molecule has 0 spiro atoms. The molecule has 84 valence electrons. The van der Waals surface area contributed by atoms with Crippen LogP contribution in [0.15, 0.2) is 0 Å². The lowest BCUT2D eigenvalue weighted by molar-refractivity contribution is -0.143. The van der Waals surface area contributed by atoms with Crippen molar-refractivity contribution in [2.75, 3.05) is 0 Å². The number of aliphatic carboxylic acids is 1. The lowest BCUT2D eigenvalue weighted by Crippen LogP contribution is -2.37. The van der Waals surface area contributed by atoms with Crippen LogP contribution in [0.4, 0.5) is 0 Å². The van der Waals surface area contributed by atoms with Crippen LogP contribution in [0, 0.1) is 5.92 Å². The number of hydrogen-bond donors (Lipinski definition) is 2. The third kappa shape index (κ3) is 3.86. The Morgan fingerprint density at radius 2 is 2.13 bits per heavy atom. The molecule has 1 aliphatic rings. The summed E-state index contributed by atoms with van der Waals surface area (Å²) in [5.41, 5.74) is 5.90. The number of hydrogen-bond acceptors (Lipinski definition) is 2. The summed E-state index contributed by atoms with van der Waals surface area (Å²) in [4.78, 5) is 11.1. The van der Waals surface area contributed by atoms with E-state index in [0.29, 0.717) is 6.42 Å². The number of carbonyl (C=O) groups is 1. The van der Waals surface area contributed by atoms with E-state index in [2.05, 4.69) is 0 Å². The summed E-state index contributed by atoms with van der Waals surface area (Å²) in [5.74, 6) is -1.29. The van der Waals surface area contributed by atoms with E-state index in [0.717, 1.165) is 32.1 Å². The van der Waals surface area contributed by atoms with Crippen molar-refractivity contribution in [2.45, 2.75) is 56.8 Å². The molecule has 1 rings (SSSR count). The molecule has 4 heteroatoms. The molecule has 0 bridgehead atoms. The molecule has 3 unspecified atom stereocenters. The summed E-state index contributed by atoms with van der Waals surface area (Å²) >= 11 is 0. The lowest BCUT2D eigenvalue weighted by Gasteiger charge is -2.29. The molecular weight excluding hydrogens is 189 g/mol. The average molecular weight is 209 g/mol. The fourth-order valence-corrected chi connectivity index (χ4v) is 2.31. The van der Waals surface area contributed by atoms with Crippen molar-refractivity contribution in [1.29, 1.82) is 0 Å². The fraction of sp³-hybridized carbons (Fsp3) is 0.909. The molecule has 0 aromatic rings. The minimum Gasteiger partial charge on any atom is -0.481 e. The first-order chi connectivity index (χ1) is 6.92. The van der Waals surface area contributed by atoms with Crippen LogP contribution in [0.5, 0.6) is 0 Å². The van der Waals surface area contributed by atoms with Crippen LogP contribution in [0.2, 0.25) is 5.31 Å². The van der Waals surface area contributed by atoms with Crippen molar-refractivity contribution in [2.24, 2.45) is 11.7 Å². The number of carboxylic acids is 1. The van der Waals surface area contributed by atoms with Gasteiger partial charge in [-0.1, -0.05) is 37.9 Å². The molecule has 3 N–H and O–H groups in total. The minimum atomic E-state index is -0.805. The summed E-state index contributed by atoms with van der Waals surface area (Å²) in [6.45, 7) is 1.93. The summed E-state index contributed by atoms with van der Waals surface area (Å²) in [5, 5.41) is 8.73. The van der Waals surface area contributed by atoms with Crippen LogP contribution in [0.1, 0.15) is 45.4 Å². The predicted molar refractivity (Wildman–Crippen MR) is 60.9 cm³/mol. The zero-order chi connectivity index (χ0) is 11.5. The number of nitrogens with two attached hydrogens (primary N) is 1. The monoisotopic (exact) mass is 209 g/mol. The quantitative estimate of drug-likeness (QED) is 0.646. The standard InChI is InChI=1S/C11H20BNO2/c1-11(12)6-4-2-3-5-9(13)8(7-11)10(14)15/h8-9H,2-7,13H2,1H3,(H,14,15). The van der Waals surface area contributed by atoms with Crippen molar-refractivity contribution < 1.29 is 9.90 Å². The van der Waals surface area contributed by atoms with Gasteiger partial charge < -0.3 is 10.8 Å². The van der Waals surface area contributed by atoms with Crippen LogP contribution < -0.4 is 5.73 Å². The lowest BCUT2D eigenvalue weighted by atomic mass is 9.62. The van der Waals surface area contributed by atoms with Crippen LogP contribution in [0.3, 0.4) is 0 Å². The van der Waals surface area contributed by atoms with Crippen LogP contribution in [-0.4, -0.2) is 25.0 Å². The number of rotatable bonds is 1. The maximum Gasteiger partial charge on any atom is 0.308 e. The van der Waals surface area contributed by atoms with Crippen LogP contribution in [-0.2, 0) is 4.79 Å². The van der Waals surface area contributed by atoms with E-state index < -0.39 is 11.9 Å². The minimum absolute atomic E-state index is 0.247. The van der Waals surface area contributed by atoms with E-state index >= 15 is 0 Å². The summed E-state index contributed by atoms with van der Waals surface area (Å²) in [6, 6.07) is -0.247. The molecule has 1 saturated carbocycles.